The van der Waals surface area contributed by atoms with Crippen molar-refractivity contribution in [3.8, 4) is 0 Å². The molecule has 4 nitrogen and oxygen atoms in total. The Balaban J connectivity index is 1.73. The van der Waals surface area contributed by atoms with Gasteiger partial charge in [-0.1, -0.05) is 23.5 Å². The number of aryl methyl sites for hydroxylation is 1. The monoisotopic (exact) mass is 295 g/mol. The number of carbonyl (C=O) groups is 1. The summed E-state index contributed by atoms with van der Waals surface area (Å²) in [5.74, 6) is -0.199. The number of carbonyl (C=O) groups excluding carboxylic acids is 1. The van der Waals surface area contributed by atoms with Gasteiger partial charge < -0.3 is 0 Å². The molecule has 104 valence electrons. The lowest BCUT2D eigenvalue weighted by molar-refractivity contribution is -0.111. The maximum absolute atomic E-state index is 11.9. The van der Waals surface area contributed by atoms with Crippen molar-refractivity contribution in [2.75, 3.05) is 5.32 Å². The Morgan fingerprint density at radius 1 is 1.33 bits per heavy atom. The van der Waals surface area contributed by atoms with E-state index in [1.54, 1.807) is 18.5 Å². The summed E-state index contributed by atoms with van der Waals surface area (Å²) >= 11 is 1.47. The zero-order chi connectivity index (χ0) is 14.7. The molecule has 2 heterocycles. The fraction of sp³-hybridized carbons (Fsp3) is 0.0625. The van der Waals surface area contributed by atoms with Gasteiger partial charge >= 0.3 is 0 Å². The molecule has 3 rings (SSSR count). The number of hydrogen-bond donors (Lipinski definition) is 1. The summed E-state index contributed by atoms with van der Waals surface area (Å²) < 4.78 is 1.07. The Hall–Kier alpha value is -2.53. The lowest BCUT2D eigenvalue weighted by atomic mass is 10.2. The molecular weight excluding hydrogens is 282 g/mol. The molecule has 0 radical (unpaired) electrons. The Kier molecular flexibility index (Phi) is 3.75. The zero-order valence-electron chi connectivity index (χ0n) is 11.4. The average molecular weight is 295 g/mol. The van der Waals surface area contributed by atoms with Gasteiger partial charge in [0.1, 0.15) is 0 Å². The van der Waals surface area contributed by atoms with E-state index in [1.807, 2.05) is 31.2 Å². The highest BCUT2D eigenvalue weighted by Crippen LogP contribution is 2.26. The fourth-order valence-electron chi connectivity index (χ4n) is 1.88. The first-order valence-electron chi connectivity index (χ1n) is 6.47. The van der Waals surface area contributed by atoms with Crippen LogP contribution in [-0.2, 0) is 4.79 Å². The molecule has 1 N–H and O–H groups in total. The third kappa shape index (κ3) is 3.32. The van der Waals surface area contributed by atoms with Gasteiger partial charge in [-0.25, -0.2) is 4.98 Å². The van der Waals surface area contributed by atoms with Crippen LogP contribution in [0.3, 0.4) is 0 Å². The van der Waals surface area contributed by atoms with E-state index in [-0.39, 0.29) is 5.91 Å². The number of fused-ring (bicyclic) bond motifs is 1. The minimum Gasteiger partial charge on any atom is -0.298 e. The normalized spacial score (nSPS) is 11.1. The number of aromatic nitrogens is 2. The third-order valence-electron chi connectivity index (χ3n) is 2.89. The van der Waals surface area contributed by atoms with Crippen LogP contribution >= 0.6 is 11.3 Å². The summed E-state index contributed by atoms with van der Waals surface area (Å²) in [6.07, 6.45) is 6.60. The molecule has 0 saturated carbocycles. The molecule has 1 aromatic carbocycles. The first kappa shape index (κ1) is 13.5. The second kappa shape index (κ2) is 5.85. The Morgan fingerprint density at radius 2 is 2.24 bits per heavy atom. The molecule has 0 spiro atoms. The van der Waals surface area contributed by atoms with E-state index in [0.717, 1.165) is 15.8 Å². The minimum atomic E-state index is -0.199. The highest BCUT2D eigenvalue weighted by molar-refractivity contribution is 7.22. The standard InChI is InChI=1S/C16H13N3OS/c1-11-4-6-13-14(9-11)21-16(18-13)19-15(20)7-5-12-3-2-8-17-10-12/h2-10H,1H3,(H,18,19,20)/b7-5+. The number of pyridine rings is 1. The quantitative estimate of drug-likeness (QED) is 0.750. The van der Waals surface area contributed by atoms with Crippen LogP contribution in [0.25, 0.3) is 16.3 Å². The van der Waals surface area contributed by atoms with Gasteiger partial charge in [0, 0.05) is 18.5 Å². The van der Waals surface area contributed by atoms with Crippen LogP contribution in [0, 0.1) is 6.92 Å². The fourth-order valence-corrected chi connectivity index (χ4v) is 2.85. The molecule has 0 saturated heterocycles. The topological polar surface area (TPSA) is 54.9 Å². The maximum atomic E-state index is 11.9. The first-order chi connectivity index (χ1) is 10.2. The minimum absolute atomic E-state index is 0.199. The summed E-state index contributed by atoms with van der Waals surface area (Å²) in [6.45, 7) is 2.04. The van der Waals surface area contributed by atoms with Crippen molar-refractivity contribution in [2.45, 2.75) is 6.92 Å². The number of amides is 1. The van der Waals surface area contributed by atoms with Crippen molar-refractivity contribution < 1.29 is 4.79 Å². The number of nitrogens with zero attached hydrogens (tertiary/aromatic N) is 2. The number of benzene rings is 1. The molecule has 2 aromatic heterocycles. The second-order valence-corrected chi connectivity index (χ2v) is 5.63. The number of anilines is 1. The summed E-state index contributed by atoms with van der Waals surface area (Å²) in [5.41, 5.74) is 2.96. The SMILES string of the molecule is Cc1ccc2nc(NC(=O)/C=C/c3cccnc3)sc2c1. The summed E-state index contributed by atoms with van der Waals surface area (Å²) in [5, 5.41) is 3.39. The molecule has 0 atom stereocenters. The van der Waals surface area contributed by atoms with Gasteiger partial charge in [-0.15, -0.1) is 0 Å². The van der Waals surface area contributed by atoms with E-state index >= 15 is 0 Å². The van der Waals surface area contributed by atoms with E-state index < -0.39 is 0 Å². The first-order valence-corrected chi connectivity index (χ1v) is 7.29. The van der Waals surface area contributed by atoms with Crippen LogP contribution in [0.5, 0.6) is 0 Å². The van der Waals surface area contributed by atoms with E-state index in [4.69, 9.17) is 0 Å². The van der Waals surface area contributed by atoms with Gasteiger partial charge in [-0.05, 0) is 42.3 Å². The highest BCUT2D eigenvalue weighted by Gasteiger charge is 2.05. The summed E-state index contributed by atoms with van der Waals surface area (Å²) in [4.78, 5) is 20.3. The van der Waals surface area contributed by atoms with Crippen molar-refractivity contribution in [3.63, 3.8) is 0 Å². The molecule has 3 aromatic rings. The number of hydrogen-bond acceptors (Lipinski definition) is 4. The largest absolute Gasteiger partial charge is 0.298 e. The van der Waals surface area contributed by atoms with Crippen LogP contribution in [0.4, 0.5) is 5.13 Å². The molecule has 0 aliphatic heterocycles. The molecule has 1 amide bonds. The van der Waals surface area contributed by atoms with Crippen molar-refractivity contribution in [1.29, 1.82) is 0 Å². The van der Waals surface area contributed by atoms with Crippen molar-refractivity contribution in [2.24, 2.45) is 0 Å². The van der Waals surface area contributed by atoms with Crippen LogP contribution in [0.1, 0.15) is 11.1 Å². The van der Waals surface area contributed by atoms with Crippen molar-refractivity contribution >= 4 is 38.7 Å². The maximum Gasteiger partial charge on any atom is 0.250 e. The predicted octanol–water partition coefficient (Wildman–Crippen LogP) is 3.65. The molecule has 0 bridgehead atoms. The highest BCUT2D eigenvalue weighted by atomic mass is 32.1. The van der Waals surface area contributed by atoms with Crippen molar-refractivity contribution in [3.05, 3.63) is 59.9 Å². The van der Waals surface area contributed by atoms with E-state index in [2.05, 4.69) is 21.4 Å². The van der Waals surface area contributed by atoms with Gasteiger partial charge in [-0.3, -0.25) is 15.1 Å². The predicted molar refractivity (Wildman–Crippen MR) is 86.3 cm³/mol. The molecule has 0 aliphatic rings. The number of rotatable bonds is 3. The second-order valence-electron chi connectivity index (χ2n) is 4.60. The molecule has 21 heavy (non-hydrogen) atoms. The number of thiazole rings is 1. The molecule has 0 aliphatic carbocycles. The van der Waals surface area contributed by atoms with Crippen molar-refractivity contribution in [1.82, 2.24) is 9.97 Å². The van der Waals surface area contributed by atoms with E-state index in [9.17, 15) is 4.79 Å². The average Bonchev–Trinajstić information content (AvgIpc) is 2.87. The Labute approximate surface area is 126 Å². The van der Waals surface area contributed by atoms with Crippen LogP contribution in [-0.4, -0.2) is 15.9 Å². The Morgan fingerprint density at radius 3 is 3.05 bits per heavy atom. The summed E-state index contributed by atoms with van der Waals surface area (Å²) in [7, 11) is 0. The van der Waals surface area contributed by atoms with Crippen LogP contribution in [0.15, 0.2) is 48.8 Å². The smallest absolute Gasteiger partial charge is 0.250 e. The molecular formula is C16H13N3OS. The lowest BCUT2D eigenvalue weighted by Crippen LogP contribution is -2.07. The molecule has 0 fully saturated rings. The van der Waals surface area contributed by atoms with Gasteiger partial charge in [0.2, 0.25) is 5.91 Å². The number of nitrogens with one attached hydrogen (secondary N) is 1. The lowest BCUT2D eigenvalue weighted by Gasteiger charge is -1.95. The zero-order valence-corrected chi connectivity index (χ0v) is 12.2. The van der Waals surface area contributed by atoms with E-state index in [1.165, 1.54) is 23.0 Å². The van der Waals surface area contributed by atoms with Gasteiger partial charge in [0.05, 0.1) is 10.2 Å². The summed E-state index contributed by atoms with van der Waals surface area (Å²) in [6, 6.07) is 9.75. The van der Waals surface area contributed by atoms with Gasteiger partial charge in [0.15, 0.2) is 5.13 Å². The van der Waals surface area contributed by atoms with Gasteiger partial charge in [-0.2, -0.15) is 0 Å². The van der Waals surface area contributed by atoms with Crippen LogP contribution < -0.4 is 5.32 Å². The van der Waals surface area contributed by atoms with Crippen LogP contribution in [0.2, 0.25) is 0 Å². The van der Waals surface area contributed by atoms with Gasteiger partial charge in [0.25, 0.3) is 0 Å². The molecule has 0 unspecified atom stereocenters. The third-order valence-corrected chi connectivity index (χ3v) is 3.82. The Bertz CT molecular complexity index is 809. The molecule has 5 heteroatoms. The van der Waals surface area contributed by atoms with E-state index in [0.29, 0.717) is 5.13 Å².